The van der Waals surface area contributed by atoms with Crippen molar-refractivity contribution in [1.29, 1.82) is 0 Å². The predicted octanol–water partition coefficient (Wildman–Crippen LogP) is 11.3. The highest BCUT2D eigenvalue weighted by atomic mass is 32.1. The molecule has 3 heteroatoms. The third-order valence-electron chi connectivity index (χ3n) is 8.73. The highest BCUT2D eigenvalue weighted by molar-refractivity contribution is 7.25. The van der Waals surface area contributed by atoms with Crippen molar-refractivity contribution >= 4 is 64.1 Å². The highest BCUT2D eigenvalue weighted by Crippen LogP contribution is 2.47. The molecule has 2 heterocycles. The largest absolute Gasteiger partial charge is 0.295 e. The van der Waals surface area contributed by atoms with Crippen LogP contribution in [0.25, 0.3) is 80.7 Å². The number of para-hydroxylation sites is 2. The van der Waals surface area contributed by atoms with Crippen LogP contribution in [-0.4, -0.2) is 9.55 Å². The van der Waals surface area contributed by atoms with E-state index in [1.807, 2.05) is 11.3 Å². The Labute approximate surface area is 253 Å². The number of aryl methyl sites for hydroxylation is 1. The molecule has 9 rings (SSSR count). The average molecular weight is 567 g/mol. The van der Waals surface area contributed by atoms with Crippen molar-refractivity contribution < 1.29 is 0 Å². The van der Waals surface area contributed by atoms with E-state index in [9.17, 15) is 0 Å². The van der Waals surface area contributed by atoms with Crippen molar-refractivity contribution in [3.63, 3.8) is 0 Å². The summed E-state index contributed by atoms with van der Waals surface area (Å²) in [5, 5.41) is 7.58. The van der Waals surface area contributed by atoms with Gasteiger partial charge in [0.25, 0.3) is 0 Å². The van der Waals surface area contributed by atoms with E-state index < -0.39 is 0 Å². The zero-order valence-electron chi connectivity index (χ0n) is 23.6. The minimum atomic E-state index is 0.985. The molecule has 202 valence electrons. The summed E-state index contributed by atoms with van der Waals surface area (Å²) in [5.41, 5.74) is 8.30. The Hall–Kier alpha value is -5.25. The highest BCUT2D eigenvalue weighted by Gasteiger charge is 2.22. The lowest BCUT2D eigenvalue weighted by Crippen LogP contribution is -2.01. The number of thiophene rings is 1. The molecule has 0 atom stereocenters. The first-order valence-electron chi connectivity index (χ1n) is 14.7. The van der Waals surface area contributed by atoms with E-state index in [1.165, 1.54) is 69.7 Å². The van der Waals surface area contributed by atoms with Crippen LogP contribution in [-0.2, 0) is 0 Å². The third-order valence-corrected chi connectivity index (χ3v) is 9.86. The van der Waals surface area contributed by atoms with Gasteiger partial charge in [-0.05, 0) is 70.3 Å². The topological polar surface area (TPSA) is 17.8 Å². The van der Waals surface area contributed by atoms with Crippen LogP contribution in [0.2, 0.25) is 0 Å². The maximum Gasteiger partial charge on any atom is 0.111 e. The number of aromatic nitrogens is 2. The summed E-state index contributed by atoms with van der Waals surface area (Å²) in [7, 11) is 0. The maximum atomic E-state index is 4.98. The van der Waals surface area contributed by atoms with E-state index in [1.54, 1.807) is 0 Å². The summed E-state index contributed by atoms with van der Waals surface area (Å²) >= 11 is 1.87. The Bertz CT molecular complexity index is 2520. The number of imidazole rings is 1. The van der Waals surface area contributed by atoms with Crippen molar-refractivity contribution in [3.05, 3.63) is 145 Å². The van der Waals surface area contributed by atoms with Crippen LogP contribution in [0.1, 0.15) is 5.82 Å². The van der Waals surface area contributed by atoms with Crippen LogP contribution in [0, 0.1) is 6.92 Å². The summed E-state index contributed by atoms with van der Waals surface area (Å²) < 4.78 is 4.99. The van der Waals surface area contributed by atoms with Gasteiger partial charge in [-0.25, -0.2) is 4.98 Å². The smallest absolute Gasteiger partial charge is 0.111 e. The Kier molecular flexibility index (Phi) is 5.32. The molecule has 0 aliphatic heterocycles. The lowest BCUT2D eigenvalue weighted by atomic mass is 9.87. The van der Waals surface area contributed by atoms with Gasteiger partial charge in [-0.3, -0.25) is 4.57 Å². The Morgan fingerprint density at radius 1 is 0.535 bits per heavy atom. The first-order chi connectivity index (χ1) is 21.3. The van der Waals surface area contributed by atoms with Gasteiger partial charge in [0.1, 0.15) is 5.82 Å². The molecule has 0 spiro atoms. The van der Waals surface area contributed by atoms with Gasteiger partial charge in [0, 0.05) is 30.9 Å². The molecule has 2 aromatic heterocycles. The van der Waals surface area contributed by atoms with Gasteiger partial charge in [-0.2, -0.15) is 0 Å². The normalized spacial score (nSPS) is 11.8. The molecule has 0 fully saturated rings. The number of hydrogen-bond acceptors (Lipinski definition) is 2. The fourth-order valence-electron chi connectivity index (χ4n) is 6.91. The molecule has 0 unspecified atom stereocenters. The van der Waals surface area contributed by atoms with Crippen molar-refractivity contribution in [1.82, 2.24) is 9.55 Å². The van der Waals surface area contributed by atoms with Crippen molar-refractivity contribution in [2.75, 3.05) is 0 Å². The summed E-state index contributed by atoms with van der Waals surface area (Å²) in [6, 6.07) is 50.7. The molecular weight excluding hydrogens is 541 g/mol. The zero-order valence-corrected chi connectivity index (χ0v) is 24.4. The summed E-state index contributed by atoms with van der Waals surface area (Å²) in [5.74, 6) is 0.985. The second kappa shape index (κ2) is 9.38. The summed E-state index contributed by atoms with van der Waals surface area (Å²) in [4.78, 5) is 4.98. The van der Waals surface area contributed by atoms with Crippen LogP contribution in [0.4, 0.5) is 0 Å². The Balaban J connectivity index is 1.50. The Morgan fingerprint density at radius 2 is 1.23 bits per heavy atom. The molecule has 7 aromatic carbocycles. The van der Waals surface area contributed by atoms with Crippen LogP contribution in [0.5, 0.6) is 0 Å². The second-order valence-corrected chi connectivity index (χ2v) is 12.2. The summed E-state index contributed by atoms with van der Waals surface area (Å²) in [6.45, 7) is 2.12. The fourth-order valence-corrected chi connectivity index (χ4v) is 8.04. The minimum Gasteiger partial charge on any atom is -0.295 e. The maximum absolute atomic E-state index is 4.98. The molecule has 0 aliphatic carbocycles. The van der Waals surface area contributed by atoms with Gasteiger partial charge in [0.15, 0.2) is 0 Å². The molecule has 0 amide bonds. The molecule has 9 aromatic rings. The molecule has 43 heavy (non-hydrogen) atoms. The second-order valence-electron chi connectivity index (χ2n) is 11.2. The molecular formula is C40H26N2S. The molecule has 2 nitrogen and oxygen atoms in total. The van der Waals surface area contributed by atoms with Gasteiger partial charge in [0.05, 0.1) is 16.7 Å². The van der Waals surface area contributed by atoms with Gasteiger partial charge in [-0.1, -0.05) is 109 Å². The number of benzene rings is 7. The van der Waals surface area contributed by atoms with Gasteiger partial charge >= 0.3 is 0 Å². The molecule has 0 aliphatic rings. The number of nitrogens with zero attached hydrogens (tertiary/aromatic N) is 2. The van der Waals surface area contributed by atoms with E-state index in [4.69, 9.17) is 4.98 Å². The quantitative estimate of drug-likeness (QED) is 0.195. The van der Waals surface area contributed by atoms with Crippen molar-refractivity contribution in [3.8, 4) is 27.9 Å². The predicted molar refractivity (Wildman–Crippen MR) is 185 cm³/mol. The zero-order chi connectivity index (χ0) is 28.5. The SMILES string of the molecule is Cc1nc2ccccc2n1-c1c2ccccc2c(-c2cccc3sc4ccccc4c23)c2cc(-c3ccccc3)ccc12. The molecule has 0 N–H and O–H groups in total. The van der Waals surface area contributed by atoms with Crippen LogP contribution < -0.4 is 0 Å². The van der Waals surface area contributed by atoms with Gasteiger partial charge < -0.3 is 0 Å². The lowest BCUT2D eigenvalue weighted by Gasteiger charge is -2.20. The fraction of sp³-hybridized carbons (Fsp3) is 0.0250. The monoisotopic (exact) mass is 566 g/mol. The molecule has 0 bridgehead atoms. The number of hydrogen-bond donors (Lipinski definition) is 0. The lowest BCUT2D eigenvalue weighted by molar-refractivity contribution is 1.02. The first kappa shape index (κ1) is 24.4. The van der Waals surface area contributed by atoms with Crippen molar-refractivity contribution in [2.24, 2.45) is 0 Å². The van der Waals surface area contributed by atoms with Crippen LogP contribution in [0.3, 0.4) is 0 Å². The van der Waals surface area contributed by atoms with E-state index in [-0.39, 0.29) is 0 Å². The van der Waals surface area contributed by atoms with Crippen LogP contribution >= 0.6 is 11.3 Å². The number of fused-ring (bicyclic) bond motifs is 6. The van der Waals surface area contributed by atoms with Crippen LogP contribution in [0.15, 0.2) is 140 Å². The van der Waals surface area contributed by atoms with E-state index in [0.717, 1.165) is 16.9 Å². The first-order valence-corrected chi connectivity index (χ1v) is 15.5. The number of rotatable bonds is 3. The van der Waals surface area contributed by atoms with E-state index in [0.29, 0.717) is 0 Å². The van der Waals surface area contributed by atoms with E-state index in [2.05, 4.69) is 151 Å². The third kappa shape index (κ3) is 3.62. The minimum absolute atomic E-state index is 0.985. The average Bonchev–Trinajstić information content (AvgIpc) is 3.61. The molecule has 0 radical (unpaired) electrons. The van der Waals surface area contributed by atoms with Crippen molar-refractivity contribution in [2.45, 2.75) is 6.92 Å². The van der Waals surface area contributed by atoms with Gasteiger partial charge in [0.2, 0.25) is 0 Å². The Morgan fingerprint density at radius 3 is 2.12 bits per heavy atom. The van der Waals surface area contributed by atoms with E-state index >= 15 is 0 Å². The van der Waals surface area contributed by atoms with Gasteiger partial charge in [-0.15, -0.1) is 11.3 Å². The molecule has 0 saturated heterocycles. The summed E-state index contributed by atoms with van der Waals surface area (Å²) in [6.07, 6.45) is 0. The standard InChI is InChI=1S/C40H26N2S/c1-25-41-34-18-8-9-19-35(34)42(25)40-29-15-6-5-14-28(29)38(33-24-27(22-23-30(33)40)26-12-3-2-4-13-26)32-17-11-21-37-39(32)31-16-7-10-20-36(31)43-37/h2-24H,1H3. The molecule has 0 saturated carbocycles.